The van der Waals surface area contributed by atoms with E-state index in [2.05, 4.69) is 10.3 Å². The lowest BCUT2D eigenvalue weighted by atomic mass is 10.2. The van der Waals surface area contributed by atoms with Gasteiger partial charge in [-0.3, -0.25) is 9.78 Å². The second-order valence-electron chi connectivity index (χ2n) is 6.05. The van der Waals surface area contributed by atoms with Gasteiger partial charge in [0, 0.05) is 24.4 Å². The Morgan fingerprint density at radius 1 is 1.07 bits per heavy atom. The number of nitrogens with one attached hydrogen (secondary N) is 1. The van der Waals surface area contributed by atoms with Gasteiger partial charge < -0.3 is 14.8 Å². The number of rotatable bonds is 8. The summed E-state index contributed by atoms with van der Waals surface area (Å²) in [4.78, 5) is 16.3. The molecule has 1 N–H and O–H groups in total. The summed E-state index contributed by atoms with van der Waals surface area (Å²) in [5.41, 5.74) is 2.67. The smallest absolute Gasteiger partial charge is 0.244 e. The van der Waals surface area contributed by atoms with Gasteiger partial charge in [-0.15, -0.1) is 0 Å². The lowest BCUT2D eigenvalue weighted by molar-refractivity contribution is -0.116. The van der Waals surface area contributed by atoms with E-state index < -0.39 is 0 Å². The number of ether oxygens (including phenoxy) is 2. The van der Waals surface area contributed by atoms with Gasteiger partial charge in [-0.05, 0) is 42.0 Å². The third-order valence-electron chi connectivity index (χ3n) is 4.03. The highest BCUT2D eigenvalue weighted by atomic mass is 16.5. The molecule has 0 radical (unpaired) electrons. The second-order valence-corrected chi connectivity index (χ2v) is 6.05. The molecule has 0 unspecified atom stereocenters. The van der Waals surface area contributed by atoms with Gasteiger partial charge in [0.15, 0.2) is 0 Å². The minimum Gasteiger partial charge on any atom is -0.496 e. The molecule has 3 aromatic rings. The van der Waals surface area contributed by atoms with Crippen molar-refractivity contribution in [3.05, 3.63) is 95.8 Å². The first kappa shape index (κ1) is 19.2. The predicted molar refractivity (Wildman–Crippen MR) is 109 cm³/mol. The van der Waals surface area contributed by atoms with Crippen LogP contribution in [0, 0.1) is 0 Å². The SMILES string of the molecule is COc1ccccc1/C=C/C(=O)NCc1cccc(OCc2ccccn2)c1. The van der Waals surface area contributed by atoms with Crippen LogP contribution in [0.4, 0.5) is 0 Å². The van der Waals surface area contributed by atoms with Crippen molar-refractivity contribution in [1.82, 2.24) is 10.3 Å². The van der Waals surface area contributed by atoms with Crippen LogP contribution in [0.15, 0.2) is 79.0 Å². The molecule has 1 aromatic heterocycles. The lowest BCUT2D eigenvalue weighted by Crippen LogP contribution is -2.20. The number of methoxy groups -OCH3 is 1. The monoisotopic (exact) mass is 374 g/mol. The molecule has 0 saturated carbocycles. The van der Waals surface area contributed by atoms with Crippen LogP contribution in [0.25, 0.3) is 6.08 Å². The third-order valence-corrected chi connectivity index (χ3v) is 4.03. The normalized spacial score (nSPS) is 10.6. The van der Waals surface area contributed by atoms with Gasteiger partial charge >= 0.3 is 0 Å². The lowest BCUT2D eigenvalue weighted by Gasteiger charge is -2.08. The predicted octanol–water partition coefficient (Wildman–Crippen LogP) is 4.00. The summed E-state index contributed by atoms with van der Waals surface area (Å²) in [5.74, 6) is 1.29. The molecule has 3 rings (SSSR count). The topological polar surface area (TPSA) is 60.5 Å². The second kappa shape index (κ2) is 9.92. The molecule has 0 atom stereocenters. The molecule has 5 nitrogen and oxygen atoms in total. The summed E-state index contributed by atoms with van der Waals surface area (Å²) >= 11 is 0. The number of hydrogen-bond donors (Lipinski definition) is 1. The van der Waals surface area contributed by atoms with Crippen molar-refractivity contribution >= 4 is 12.0 Å². The third kappa shape index (κ3) is 5.71. The van der Waals surface area contributed by atoms with Gasteiger partial charge in [0.05, 0.1) is 12.8 Å². The molecule has 1 heterocycles. The zero-order chi connectivity index (χ0) is 19.6. The molecule has 0 aliphatic rings. The first-order chi connectivity index (χ1) is 13.7. The van der Waals surface area contributed by atoms with E-state index in [4.69, 9.17) is 9.47 Å². The Labute approximate surface area is 164 Å². The zero-order valence-corrected chi connectivity index (χ0v) is 15.7. The Hall–Kier alpha value is -3.60. The summed E-state index contributed by atoms with van der Waals surface area (Å²) in [7, 11) is 1.61. The highest BCUT2D eigenvalue weighted by Crippen LogP contribution is 2.18. The quantitative estimate of drug-likeness (QED) is 0.606. The van der Waals surface area contributed by atoms with Crippen molar-refractivity contribution in [2.75, 3.05) is 7.11 Å². The van der Waals surface area contributed by atoms with Crippen molar-refractivity contribution in [2.24, 2.45) is 0 Å². The molecule has 5 heteroatoms. The van der Waals surface area contributed by atoms with E-state index in [0.717, 1.165) is 28.3 Å². The number of carbonyl (C=O) groups is 1. The summed E-state index contributed by atoms with van der Waals surface area (Å²) < 4.78 is 11.0. The van der Waals surface area contributed by atoms with Crippen LogP contribution in [0.1, 0.15) is 16.8 Å². The Bertz CT molecular complexity index is 939. The Kier molecular flexibility index (Phi) is 6.79. The van der Waals surface area contributed by atoms with E-state index in [-0.39, 0.29) is 5.91 Å². The minimum atomic E-state index is -0.175. The molecule has 0 fully saturated rings. The molecule has 142 valence electrons. The van der Waals surface area contributed by atoms with Crippen LogP contribution in [0.5, 0.6) is 11.5 Å². The number of hydrogen-bond acceptors (Lipinski definition) is 4. The standard InChI is InChI=1S/C23H22N2O3/c1-27-22-11-3-2-8-19(22)12-13-23(26)25-16-18-7-6-10-21(15-18)28-17-20-9-4-5-14-24-20/h2-15H,16-17H2,1H3,(H,25,26)/b13-12+. The van der Waals surface area contributed by atoms with Crippen molar-refractivity contribution in [3.8, 4) is 11.5 Å². The first-order valence-corrected chi connectivity index (χ1v) is 8.95. The van der Waals surface area contributed by atoms with E-state index in [1.54, 1.807) is 19.4 Å². The highest BCUT2D eigenvalue weighted by Gasteiger charge is 2.02. The summed E-state index contributed by atoms with van der Waals surface area (Å²) in [6.45, 7) is 0.814. The molecule has 2 aromatic carbocycles. The summed E-state index contributed by atoms with van der Waals surface area (Å²) in [5, 5.41) is 2.87. The fourth-order valence-electron chi connectivity index (χ4n) is 2.60. The molecular formula is C23H22N2O3. The van der Waals surface area contributed by atoms with E-state index >= 15 is 0 Å². The van der Waals surface area contributed by atoms with Crippen LogP contribution >= 0.6 is 0 Å². The van der Waals surface area contributed by atoms with Crippen molar-refractivity contribution in [3.63, 3.8) is 0 Å². The molecule has 0 spiro atoms. The first-order valence-electron chi connectivity index (χ1n) is 8.95. The largest absolute Gasteiger partial charge is 0.496 e. The van der Waals surface area contributed by atoms with E-state index in [0.29, 0.717) is 13.2 Å². The summed E-state index contributed by atoms with van der Waals surface area (Å²) in [6, 6.07) is 20.9. The number of carbonyl (C=O) groups excluding carboxylic acids is 1. The molecule has 1 amide bonds. The number of pyridine rings is 1. The van der Waals surface area contributed by atoms with Crippen molar-refractivity contribution in [2.45, 2.75) is 13.2 Å². The number of benzene rings is 2. The maximum absolute atomic E-state index is 12.1. The van der Waals surface area contributed by atoms with Crippen LogP contribution in [-0.4, -0.2) is 18.0 Å². The van der Waals surface area contributed by atoms with Gasteiger partial charge in [0.2, 0.25) is 5.91 Å². The number of aromatic nitrogens is 1. The van der Waals surface area contributed by atoms with Gasteiger partial charge in [-0.25, -0.2) is 0 Å². The fourth-order valence-corrected chi connectivity index (χ4v) is 2.60. The van der Waals surface area contributed by atoms with Crippen LogP contribution in [0.3, 0.4) is 0 Å². The Balaban J connectivity index is 1.52. The van der Waals surface area contributed by atoms with Gasteiger partial charge in [0.25, 0.3) is 0 Å². The maximum atomic E-state index is 12.1. The van der Waals surface area contributed by atoms with E-state index in [1.165, 1.54) is 6.08 Å². The fraction of sp³-hybridized carbons (Fsp3) is 0.130. The van der Waals surface area contributed by atoms with Crippen molar-refractivity contribution < 1.29 is 14.3 Å². The Morgan fingerprint density at radius 3 is 2.75 bits per heavy atom. The molecule has 28 heavy (non-hydrogen) atoms. The van der Waals surface area contributed by atoms with E-state index in [1.807, 2.05) is 66.7 Å². The molecule has 0 aliphatic heterocycles. The average molecular weight is 374 g/mol. The number of nitrogens with zero attached hydrogens (tertiary/aromatic N) is 1. The number of amides is 1. The van der Waals surface area contributed by atoms with Gasteiger partial charge in [-0.1, -0.05) is 36.4 Å². The van der Waals surface area contributed by atoms with Gasteiger partial charge in [0.1, 0.15) is 18.1 Å². The van der Waals surface area contributed by atoms with E-state index in [9.17, 15) is 4.79 Å². The van der Waals surface area contributed by atoms with Gasteiger partial charge in [-0.2, -0.15) is 0 Å². The Morgan fingerprint density at radius 2 is 1.93 bits per heavy atom. The van der Waals surface area contributed by atoms with Crippen LogP contribution in [0.2, 0.25) is 0 Å². The minimum absolute atomic E-state index is 0.175. The zero-order valence-electron chi connectivity index (χ0n) is 15.7. The average Bonchev–Trinajstić information content (AvgIpc) is 2.76. The highest BCUT2D eigenvalue weighted by molar-refractivity contribution is 5.92. The number of para-hydroxylation sites is 1. The maximum Gasteiger partial charge on any atom is 0.244 e. The molecule has 0 aliphatic carbocycles. The van der Waals surface area contributed by atoms with Crippen LogP contribution < -0.4 is 14.8 Å². The molecule has 0 saturated heterocycles. The van der Waals surface area contributed by atoms with Crippen LogP contribution in [-0.2, 0) is 17.9 Å². The molecular weight excluding hydrogens is 352 g/mol. The van der Waals surface area contributed by atoms with Crippen molar-refractivity contribution in [1.29, 1.82) is 0 Å². The molecule has 0 bridgehead atoms. The summed E-state index contributed by atoms with van der Waals surface area (Å²) in [6.07, 6.45) is 4.98.